The number of aromatic nitrogens is 3. The summed E-state index contributed by atoms with van der Waals surface area (Å²) < 4.78 is 24.9. The van der Waals surface area contributed by atoms with E-state index in [0.717, 1.165) is 17.3 Å². The summed E-state index contributed by atoms with van der Waals surface area (Å²) in [4.78, 5) is 12.1. The molecule has 0 spiro atoms. The Hall–Kier alpha value is -3.27. The molecule has 1 aromatic heterocycles. The van der Waals surface area contributed by atoms with Gasteiger partial charge in [0.05, 0.1) is 5.75 Å². The molecule has 2 aromatic carbocycles. The van der Waals surface area contributed by atoms with Gasteiger partial charge in [-0.1, -0.05) is 17.8 Å². The van der Waals surface area contributed by atoms with Crippen LogP contribution in [0.2, 0.25) is 0 Å². The van der Waals surface area contributed by atoms with Crippen molar-refractivity contribution in [2.45, 2.75) is 11.7 Å². The molecule has 28 heavy (non-hydrogen) atoms. The van der Waals surface area contributed by atoms with Crippen molar-refractivity contribution < 1.29 is 18.7 Å². The van der Waals surface area contributed by atoms with Crippen molar-refractivity contribution in [1.82, 2.24) is 20.2 Å². The van der Waals surface area contributed by atoms with Gasteiger partial charge in [0.2, 0.25) is 17.9 Å². The van der Waals surface area contributed by atoms with Crippen molar-refractivity contribution in [1.29, 1.82) is 0 Å². The first kappa shape index (κ1) is 18.1. The Morgan fingerprint density at radius 2 is 1.96 bits per heavy atom. The number of hydrogen-bond acceptors (Lipinski definition) is 7. The quantitative estimate of drug-likeness (QED) is 0.480. The maximum atomic E-state index is 13.0. The zero-order valence-electron chi connectivity index (χ0n) is 14.6. The van der Waals surface area contributed by atoms with Crippen LogP contribution < -0.4 is 20.6 Å². The molecule has 1 amide bonds. The monoisotopic (exact) mass is 401 g/mol. The third kappa shape index (κ3) is 3.86. The molecule has 0 saturated heterocycles. The summed E-state index contributed by atoms with van der Waals surface area (Å²) >= 11 is 1.16. The standard InChI is InChI=1S/C18H16FN5O3S/c19-13-4-2-12(3-5-13)17-22-23-18(24(17)20)28-9-16(25)21-8-11-1-6-14-15(7-11)27-10-26-14/h1-7H,8-10,20H2,(H,21,25). The SMILES string of the molecule is Nn1c(SCC(=O)NCc2ccc3c(c2)OCO3)nnc1-c1ccc(F)cc1. The van der Waals surface area contributed by atoms with Gasteiger partial charge in [0.15, 0.2) is 17.3 Å². The van der Waals surface area contributed by atoms with Crippen LogP contribution in [0.15, 0.2) is 47.6 Å². The number of ether oxygens (including phenoxy) is 2. The van der Waals surface area contributed by atoms with Gasteiger partial charge in [-0.25, -0.2) is 9.07 Å². The van der Waals surface area contributed by atoms with Crippen molar-refractivity contribution in [2.24, 2.45) is 0 Å². The molecule has 0 bridgehead atoms. The van der Waals surface area contributed by atoms with E-state index in [2.05, 4.69) is 15.5 Å². The number of hydrogen-bond donors (Lipinski definition) is 2. The first-order valence-electron chi connectivity index (χ1n) is 8.34. The lowest BCUT2D eigenvalue weighted by molar-refractivity contribution is -0.118. The van der Waals surface area contributed by atoms with Crippen LogP contribution >= 0.6 is 11.8 Å². The smallest absolute Gasteiger partial charge is 0.231 e. The average molecular weight is 401 g/mol. The number of nitrogens with two attached hydrogens (primary N) is 1. The van der Waals surface area contributed by atoms with Gasteiger partial charge in [-0.2, -0.15) is 0 Å². The molecule has 0 unspecified atom stereocenters. The van der Waals surface area contributed by atoms with E-state index in [0.29, 0.717) is 34.6 Å². The van der Waals surface area contributed by atoms with E-state index >= 15 is 0 Å². The first-order chi connectivity index (χ1) is 13.6. The number of benzene rings is 2. The van der Waals surface area contributed by atoms with E-state index in [9.17, 15) is 9.18 Å². The second-order valence-corrected chi connectivity index (χ2v) is 6.88. The Kier molecular flexibility index (Phi) is 5.02. The maximum Gasteiger partial charge on any atom is 0.231 e. The predicted octanol–water partition coefficient (Wildman–Crippen LogP) is 1.94. The second kappa shape index (κ2) is 7.77. The summed E-state index contributed by atoms with van der Waals surface area (Å²) in [5, 5.41) is 11.2. The van der Waals surface area contributed by atoms with Gasteiger partial charge in [0.25, 0.3) is 0 Å². The highest BCUT2D eigenvalue weighted by molar-refractivity contribution is 7.99. The molecule has 8 nitrogen and oxygen atoms in total. The van der Waals surface area contributed by atoms with Crippen LogP contribution in [-0.2, 0) is 11.3 Å². The lowest BCUT2D eigenvalue weighted by atomic mass is 10.2. The fourth-order valence-electron chi connectivity index (χ4n) is 2.60. The number of fused-ring (bicyclic) bond motifs is 1. The van der Waals surface area contributed by atoms with Crippen molar-refractivity contribution in [3.8, 4) is 22.9 Å². The zero-order chi connectivity index (χ0) is 19.5. The fourth-order valence-corrected chi connectivity index (χ4v) is 3.29. The molecule has 3 aromatic rings. The Morgan fingerprint density at radius 1 is 1.18 bits per heavy atom. The largest absolute Gasteiger partial charge is 0.454 e. The molecule has 0 aliphatic carbocycles. The number of thioether (sulfide) groups is 1. The number of carbonyl (C=O) groups is 1. The van der Waals surface area contributed by atoms with E-state index in [-0.39, 0.29) is 24.3 Å². The van der Waals surface area contributed by atoms with Crippen LogP contribution in [0.1, 0.15) is 5.56 Å². The summed E-state index contributed by atoms with van der Waals surface area (Å²) in [6, 6.07) is 11.3. The Balaban J connectivity index is 1.32. The van der Waals surface area contributed by atoms with E-state index in [4.69, 9.17) is 15.3 Å². The minimum atomic E-state index is -0.347. The molecule has 0 atom stereocenters. The Morgan fingerprint density at radius 3 is 2.79 bits per heavy atom. The Labute approximate surface area is 163 Å². The number of nitrogens with zero attached hydrogens (tertiary/aromatic N) is 3. The summed E-state index contributed by atoms with van der Waals surface area (Å²) in [6.07, 6.45) is 0. The molecule has 0 fully saturated rings. The molecular formula is C18H16FN5O3S. The van der Waals surface area contributed by atoms with Crippen LogP contribution in [-0.4, -0.2) is 33.3 Å². The average Bonchev–Trinajstić information content (AvgIpc) is 3.31. The molecule has 1 aliphatic rings. The van der Waals surface area contributed by atoms with Crippen LogP contribution in [0.3, 0.4) is 0 Å². The highest BCUT2D eigenvalue weighted by Crippen LogP contribution is 2.32. The molecule has 0 saturated carbocycles. The number of halogens is 1. The van der Waals surface area contributed by atoms with E-state index in [1.54, 1.807) is 12.1 Å². The number of nitrogen functional groups attached to an aromatic ring is 1. The van der Waals surface area contributed by atoms with Gasteiger partial charge in [-0.3, -0.25) is 4.79 Å². The van der Waals surface area contributed by atoms with Gasteiger partial charge in [-0.05, 0) is 42.0 Å². The fraction of sp³-hybridized carbons (Fsp3) is 0.167. The highest BCUT2D eigenvalue weighted by atomic mass is 32.2. The topological polar surface area (TPSA) is 104 Å². The van der Waals surface area contributed by atoms with E-state index in [1.807, 2.05) is 18.2 Å². The zero-order valence-corrected chi connectivity index (χ0v) is 15.4. The van der Waals surface area contributed by atoms with Crippen molar-refractivity contribution in [3.05, 3.63) is 53.8 Å². The van der Waals surface area contributed by atoms with Crippen molar-refractivity contribution in [3.63, 3.8) is 0 Å². The summed E-state index contributed by atoms with van der Waals surface area (Å²) in [5.74, 6) is 7.37. The van der Waals surface area contributed by atoms with Crippen LogP contribution in [0.25, 0.3) is 11.4 Å². The summed E-state index contributed by atoms with van der Waals surface area (Å²) in [5.41, 5.74) is 1.54. The molecule has 1 aliphatic heterocycles. The number of nitrogens with one attached hydrogen (secondary N) is 1. The maximum absolute atomic E-state index is 13.0. The number of rotatable bonds is 6. The third-order valence-electron chi connectivity index (χ3n) is 4.03. The van der Waals surface area contributed by atoms with Gasteiger partial charge >= 0.3 is 0 Å². The van der Waals surface area contributed by atoms with E-state index in [1.165, 1.54) is 16.8 Å². The first-order valence-corrected chi connectivity index (χ1v) is 9.33. The second-order valence-electron chi connectivity index (χ2n) is 5.94. The lowest BCUT2D eigenvalue weighted by Gasteiger charge is -2.06. The molecule has 0 radical (unpaired) electrons. The van der Waals surface area contributed by atoms with Crippen LogP contribution in [0, 0.1) is 5.82 Å². The summed E-state index contributed by atoms with van der Waals surface area (Å²) in [6.45, 7) is 0.577. The highest BCUT2D eigenvalue weighted by Gasteiger charge is 2.15. The third-order valence-corrected chi connectivity index (χ3v) is 4.97. The van der Waals surface area contributed by atoms with Crippen molar-refractivity contribution >= 4 is 17.7 Å². The van der Waals surface area contributed by atoms with Gasteiger partial charge in [0, 0.05) is 12.1 Å². The van der Waals surface area contributed by atoms with Gasteiger partial charge in [-0.15, -0.1) is 10.2 Å². The number of amides is 1. The Bertz CT molecular complexity index is 1010. The molecular weight excluding hydrogens is 385 g/mol. The summed E-state index contributed by atoms with van der Waals surface area (Å²) in [7, 11) is 0. The molecule has 4 rings (SSSR count). The normalized spacial score (nSPS) is 12.2. The van der Waals surface area contributed by atoms with Crippen LogP contribution in [0.5, 0.6) is 11.5 Å². The molecule has 144 valence electrons. The van der Waals surface area contributed by atoms with Gasteiger partial charge in [0.1, 0.15) is 5.82 Å². The lowest BCUT2D eigenvalue weighted by Crippen LogP contribution is -2.25. The van der Waals surface area contributed by atoms with Crippen molar-refractivity contribution in [2.75, 3.05) is 18.4 Å². The van der Waals surface area contributed by atoms with Gasteiger partial charge < -0.3 is 20.6 Å². The molecule has 2 heterocycles. The number of carbonyl (C=O) groups excluding carboxylic acids is 1. The predicted molar refractivity (Wildman–Crippen MR) is 101 cm³/mol. The molecule has 3 N–H and O–H groups in total. The van der Waals surface area contributed by atoms with E-state index < -0.39 is 0 Å². The minimum Gasteiger partial charge on any atom is -0.454 e. The van der Waals surface area contributed by atoms with Crippen LogP contribution in [0.4, 0.5) is 4.39 Å². The molecule has 10 heteroatoms. The minimum absolute atomic E-state index is 0.128.